The van der Waals surface area contributed by atoms with Gasteiger partial charge in [-0.1, -0.05) is 26.0 Å². The fraction of sp³-hybridized carbons (Fsp3) is 0.412. The highest BCUT2D eigenvalue weighted by Crippen LogP contribution is 2.32. The van der Waals surface area contributed by atoms with Gasteiger partial charge >= 0.3 is 0 Å². The van der Waals surface area contributed by atoms with Crippen molar-refractivity contribution in [2.75, 3.05) is 18.5 Å². The summed E-state index contributed by atoms with van der Waals surface area (Å²) in [7, 11) is 0. The maximum Gasteiger partial charge on any atom is 0.226 e. The highest BCUT2D eigenvalue weighted by molar-refractivity contribution is 7.14. The number of benzene rings is 1. The van der Waals surface area contributed by atoms with Crippen molar-refractivity contribution in [1.82, 2.24) is 4.98 Å². The molecule has 0 atom stereocenters. The Morgan fingerprint density at radius 2 is 2.17 bits per heavy atom. The fourth-order valence-corrected chi connectivity index (χ4v) is 2.69. The predicted octanol–water partition coefficient (Wildman–Crippen LogP) is 3.52. The average molecular weight is 333 g/mol. The lowest BCUT2D eigenvalue weighted by atomic mass is 10.1. The zero-order valence-electron chi connectivity index (χ0n) is 13.5. The van der Waals surface area contributed by atoms with E-state index in [0.29, 0.717) is 37.0 Å². The van der Waals surface area contributed by atoms with Crippen LogP contribution in [0.2, 0.25) is 0 Å². The van der Waals surface area contributed by atoms with Crippen LogP contribution in [-0.2, 0) is 4.79 Å². The van der Waals surface area contributed by atoms with Gasteiger partial charge in [0.05, 0.1) is 12.3 Å². The lowest BCUT2D eigenvalue weighted by Gasteiger charge is -2.11. The van der Waals surface area contributed by atoms with Crippen molar-refractivity contribution < 1.29 is 9.53 Å². The number of hydrogen-bond acceptors (Lipinski definition) is 5. The maximum absolute atomic E-state index is 11.7. The lowest BCUT2D eigenvalue weighted by molar-refractivity contribution is -0.116. The Balaban J connectivity index is 2.09. The van der Waals surface area contributed by atoms with Crippen molar-refractivity contribution in [1.29, 1.82) is 0 Å². The molecule has 2 rings (SSSR count). The van der Waals surface area contributed by atoms with Crippen LogP contribution in [0, 0.1) is 5.92 Å². The normalized spacial score (nSPS) is 10.8. The number of carbonyl (C=O) groups is 1. The van der Waals surface area contributed by atoms with E-state index in [2.05, 4.69) is 24.1 Å². The smallest absolute Gasteiger partial charge is 0.226 e. The number of anilines is 1. The van der Waals surface area contributed by atoms with Crippen molar-refractivity contribution in [2.45, 2.75) is 26.7 Å². The van der Waals surface area contributed by atoms with Gasteiger partial charge in [0.1, 0.15) is 5.75 Å². The molecule has 0 saturated carbocycles. The number of hydrogen-bond donors (Lipinski definition) is 2. The van der Waals surface area contributed by atoms with Crippen molar-refractivity contribution in [3.63, 3.8) is 0 Å². The van der Waals surface area contributed by atoms with E-state index >= 15 is 0 Å². The predicted molar refractivity (Wildman–Crippen MR) is 94.8 cm³/mol. The first-order chi connectivity index (χ1) is 11.1. The number of nitrogens with one attached hydrogen (secondary N) is 1. The summed E-state index contributed by atoms with van der Waals surface area (Å²) in [4.78, 5) is 16.2. The summed E-state index contributed by atoms with van der Waals surface area (Å²) in [5.74, 6) is 1.21. The zero-order valence-corrected chi connectivity index (χ0v) is 14.4. The first-order valence-corrected chi connectivity index (χ1v) is 8.65. The van der Waals surface area contributed by atoms with Crippen molar-refractivity contribution in [3.8, 4) is 17.0 Å². The van der Waals surface area contributed by atoms with Gasteiger partial charge in [-0.25, -0.2) is 4.98 Å². The van der Waals surface area contributed by atoms with Crippen molar-refractivity contribution >= 4 is 22.4 Å². The van der Waals surface area contributed by atoms with E-state index in [4.69, 9.17) is 10.5 Å². The van der Waals surface area contributed by atoms with Gasteiger partial charge < -0.3 is 15.8 Å². The van der Waals surface area contributed by atoms with Crippen molar-refractivity contribution in [2.24, 2.45) is 11.7 Å². The Bertz CT molecular complexity index is 640. The molecule has 0 fully saturated rings. The molecule has 124 valence electrons. The minimum absolute atomic E-state index is 0.0549. The summed E-state index contributed by atoms with van der Waals surface area (Å²) in [5, 5.41) is 5.33. The van der Waals surface area contributed by atoms with Crippen LogP contribution in [0.15, 0.2) is 29.6 Å². The molecular formula is C17H23N3O2S. The Hall–Kier alpha value is -1.92. The Morgan fingerprint density at radius 1 is 1.39 bits per heavy atom. The van der Waals surface area contributed by atoms with E-state index in [-0.39, 0.29) is 5.91 Å². The van der Waals surface area contributed by atoms with E-state index in [0.717, 1.165) is 17.0 Å². The van der Waals surface area contributed by atoms with Gasteiger partial charge in [0.15, 0.2) is 5.13 Å². The van der Waals surface area contributed by atoms with Crippen LogP contribution in [0.4, 0.5) is 5.13 Å². The molecule has 0 saturated heterocycles. The number of thiazole rings is 1. The fourth-order valence-electron chi connectivity index (χ4n) is 1.96. The summed E-state index contributed by atoms with van der Waals surface area (Å²) in [6, 6.07) is 7.82. The minimum Gasteiger partial charge on any atom is -0.493 e. The standard InChI is InChI=1S/C17H23N3O2S/c1-12(2)10-22-15-7-4-3-6-13(15)14-11-23-17(19-14)20-16(21)8-5-9-18/h3-4,6-7,11-12H,5,8-10,18H2,1-2H3,(H,19,20,21). The summed E-state index contributed by atoms with van der Waals surface area (Å²) in [5.41, 5.74) is 7.16. The monoisotopic (exact) mass is 333 g/mol. The van der Waals surface area contributed by atoms with E-state index in [1.807, 2.05) is 29.6 Å². The second-order valence-electron chi connectivity index (χ2n) is 5.68. The second-order valence-corrected chi connectivity index (χ2v) is 6.54. The highest BCUT2D eigenvalue weighted by Gasteiger charge is 2.12. The van der Waals surface area contributed by atoms with Gasteiger partial charge in [-0.2, -0.15) is 0 Å². The molecule has 1 aromatic carbocycles. The van der Waals surface area contributed by atoms with Crippen LogP contribution >= 0.6 is 11.3 Å². The Morgan fingerprint density at radius 3 is 2.91 bits per heavy atom. The van der Waals surface area contributed by atoms with Gasteiger partial charge in [-0.05, 0) is 31.0 Å². The largest absolute Gasteiger partial charge is 0.493 e. The van der Waals surface area contributed by atoms with Gasteiger partial charge in [0.2, 0.25) is 5.91 Å². The molecular weight excluding hydrogens is 310 g/mol. The van der Waals surface area contributed by atoms with E-state index in [9.17, 15) is 4.79 Å². The number of nitrogens with two attached hydrogens (primary N) is 1. The molecule has 0 unspecified atom stereocenters. The Labute approximate surface area is 140 Å². The molecule has 0 aliphatic rings. The van der Waals surface area contributed by atoms with E-state index in [1.165, 1.54) is 11.3 Å². The number of rotatable bonds is 8. The van der Waals surface area contributed by atoms with Crippen molar-refractivity contribution in [3.05, 3.63) is 29.6 Å². The molecule has 1 aromatic heterocycles. The third-order valence-corrected chi connectivity index (χ3v) is 3.85. The first-order valence-electron chi connectivity index (χ1n) is 7.77. The first kappa shape index (κ1) is 17.4. The minimum atomic E-state index is -0.0549. The number of nitrogens with zero attached hydrogens (tertiary/aromatic N) is 1. The number of carbonyl (C=O) groups excluding carboxylic acids is 1. The van der Waals surface area contributed by atoms with Crippen LogP contribution in [0.3, 0.4) is 0 Å². The molecule has 0 bridgehead atoms. The molecule has 23 heavy (non-hydrogen) atoms. The summed E-state index contributed by atoms with van der Waals surface area (Å²) in [6.45, 7) is 5.39. The zero-order chi connectivity index (χ0) is 16.7. The maximum atomic E-state index is 11.7. The lowest BCUT2D eigenvalue weighted by Crippen LogP contribution is -2.13. The van der Waals surface area contributed by atoms with E-state index < -0.39 is 0 Å². The number of para-hydroxylation sites is 1. The van der Waals surface area contributed by atoms with Crippen LogP contribution in [-0.4, -0.2) is 24.0 Å². The average Bonchev–Trinajstić information content (AvgIpc) is 2.99. The van der Waals surface area contributed by atoms with Gasteiger partial charge in [-0.15, -0.1) is 11.3 Å². The molecule has 6 heteroatoms. The third-order valence-electron chi connectivity index (χ3n) is 3.09. The number of aromatic nitrogens is 1. The number of amides is 1. The van der Waals surface area contributed by atoms with Gasteiger partial charge in [-0.3, -0.25) is 4.79 Å². The van der Waals surface area contributed by atoms with Crippen LogP contribution in [0.25, 0.3) is 11.3 Å². The van der Waals surface area contributed by atoms with Gasteiger partial charge in [0, 0.05) is 17.4 Å². The van der Waals surface area contributed by atoms with Gasteiger partial charge in [0.25, 0.3) is 0 Å². The molecule has 1 amide bonds. The third kappa shape index (κ3) is 5.33. The molecule has 2 aromatic rings. The molecule has 3 N–H and O–H groups in total. The Kier molecular flexibility index (Phi) is 6.55. The quantitative estimate of drug-likeness (QED) is 0.775. The molecule has 1 heterocycles. The SMILES string of the molecule is CC(C)COc1ccccc1-c1csc(NC(=O)CCCN)n1. The summed E-state index contributed by atoms with van der Waals surface area (Å²) >= 11 is 1.41. The summed E-state index contributed by atoms with van der Waals surface area (Å²) < 4.78 is 5.86. The van der Waals surface area contributed by atoms with Crippen LogP contribution in [0.5, 0.6) is 5.75 Å². The topological polar surface area (TPSA) is 77.2 Å². The van der Waals surface area contributed by atoms with E-state index in [1.54, 1.807) is 0 Å². The molecule has 0 aliphatic heterocycles. The highest BCUT2D eigenvalue weighted by atomic mass is 32.1. The number of ether oxygens (including phenoxy) is 1. The van der Waals surface area contributed by atoms with Crippen LogP contribution < -0.4 is 15.8 Å². The molecule has 0 spiro atoms. The molecule has 0 radical (unpaired) electrons. The molecule has 5 nitrogen and oxygen atoms in total. The second kappa shape index (κ2) is 8.64. The van der Waals surface area contributed by atoms with Crippen LogP contribution in [0.1, 0.15) is 26.7 Å². The summed E-state index contributed by atoms with van der Waals surface area (Å²) in [6.07, 6.45) is 1.09. The molecule has 0 aliphatic carbocycles.